The zero-order chi connectivity index (χ0) is 19.0. The van der Waals surface area contributed by atoms with Crippen LogP contribution in [0, 0.1) is 40.6 Å². The Labute approximate surface area is 161 Å². The quantitative estimate of drug-likeness (QED) is 0.350. The largest absolute Gasteiger partial charge is 0.204 e. The molecule has 0 aliphatic heterocycles. The minimum Gasteiger partial charge on any atom is -0.204 e. The van der Waals surface area contributed by atoms with E-state index in [9.17, 15) is 13.2 Å². The van der Waals surface area contributed by atoms with Gasteiger partial charge in [0.2, 0.25) is 0 Å². The van der Waals surface area contributed by atoms with Gasteiger partial charge >= 0.3 is 0 Å². The first-order valence-corrected chi connectivity index (χ1v) is 11.1. The SMILES string of the molecule is CCCCCC1CC2(C1)CC(C1CCC(c3cc(F)c(F)c(F)c3)CC1)C2. The van der Waals surface area contributed by atoms with E-state index in [1.807, 2.05) is 0 Å². The van der Waals surface area contributed by atoms with Gasteiger partial charge in [0.15, 0.2) is 17.5 Å². The number of hydrogen-bond acceptors (Lipinski definition) is 0. The van der Waals surface area contributed by atoms with Crippen LogP contribution in [0.25, 0.3) is 0 Å². The van der Waals surface area contributed by atoms with Gasteiger partial charge in [0.1, 0.15) is 0 Å². The van der Waals surface area contributed by atoms with Crippen LogP contribution < -0.4 is 0 Å². The molecule has 3 aliphatic carbocycles. The van der Waals surface area contributed by atoms with Crippen LogP contribution >= 0.6 is 0 Å². The second-order valence-electron chi connectivity index (χ2n) is 9.85. The van der Waals surface area contributed by atoms with E-state index in [1.165, 1.54) is 63.5 Å². The summed E-state index contributed by atoms with van der Waals surface area (Å²) in [5.74, 6) is -0.591. The highest BCUT2D eigenvalue weighted by molar-refractivity contribution is 5.23. The maximum atomic E-state index is 13.5. The van der Waals surface area contributed by atoms with Crippen molar-refractivity contribution in [3.8, 4) is 0 Å². The highest BCUT2D eigenvalue weighted by atomic mass is 19.2. The van der Waals surface area contributed by atoms with Gasteiger partial charge in [-0.3, -0.25) is 0 Å². The molecule has 3 saturated carbocycles. The molecule has 27 heavy (non-hydrogen) atoms. The summed E-state index contributed by atoms with van der Waals surface area (Å²) in [4.78, 5) is 0. The highest BCUT2D eigenvalue weighted by Gasteiger charge is 2.53. The van der Waals surface area contributed by atoms with Crippen LogP contribution in [0.2, 0.25) is 0 Å². The van der Waals surface area contributed by atoms with Crippen molar-refractivity contribution in [2.45, 2.75) is 89.9 Å². The number of hydrogen-bond donors (Lipinski definition) is 0. The Morgan fingerprint density at radius 1 is 0.852 bits per heavy atom. The molecule has 0 N–H and O–H groups in total. The van der Waals surface area contributed by atoms with Crippen LogP contribution in [-0.2, 0) is 0 Å². The predicted octanol–water partition coefficient (Wildman–Crippen LogP) is 7.76. The Bertz CT molecular complexity index is 623. The monoisotopic (exact) mass is 378 g/mol. The van der Waals surface area contributed by atoms with Gasteiger partial charge in [-0.25, -0.2) is 13.2 Å². The maximum Gasteiger partial charge on any atom is 0.194 e. The van der Waals surface area contributed by atoms with E-state index in [0.717, 1.165) is 43.4 Å². The van der Waals surface area contributed by atoms with Gasteiger partial charge < -0.3 is 0 Å². The second-order valence-corrected chi connectivity index (χ2v) is 9.85. The van der Waals surface area contributed by atoms with E-state index >= 15 is 0 Å². The molecule has 4 rings (SSSR count). The fourth-order valence-corrected chi connectivity index (χ4v) is 6.51. The minimum absolute atomic E-state index is 0.187. The first kappa shape index (κ1) is 19.3. The maximum absolute atomic E-state index is 13.5. The molecule has 1 aromatic carbocycles. The Hall–Kier alpha value is -0.990. The zero-order valence-electron chi connectivity index (χ0n) is 16.6. The summed E-state index contributed by atoms with van der Waals surface area (Å²) in [5, 5.41) is 0. The molecule has 3 fully saturated rings. The van der Waals surface area contributed by atoms with Crippen LogP contribution in [-0.4, -0.2) is 0 Å². The third kappa shape index (κ3) is 3.93. The third-order valence-corrected chi connectivity index (χ3v) is 7.97. The van der Waals surface area contributed by atoms with Crippen LogP contribution in [0.15, 0.2) is 12.1 Å². The topological polar surface area (TPSA) is 0 Å². The lowest BCUT2D eigenvalue weighted by molar-refractivity contribution is -0.0948. The lowest BCUT2D eigenvalue weighted by atomic mass is 9.45. The average molecular weight is 379 g/mol. The summed E-state index contributed by atoms with van der Waals surface area (Å²) < 4.78 is 40.2. The van der Waals surface area contributed by atoms with E-state index in [4.69, 9.17) is 0 Å². The molecule has 0 heterocycles. The lowest BCUT2D eigenvalue weighted by Crippen LogP contribution is -2.49. The van der Waals surface area contributed by atoms with Crippen LogP contribution in [0.3, 0.4) is 0 Å². The molecule has 0 radical (unpaired) electrons. The van der Waals surface area contributed by atoms with Crippen molar-refractivity contribution in [3.05, 3.63) is 35.1 Å². The molecule has 3 heteroatoms. The van der Waals surface area contributed by atoms with E-state index < -0.39 is 17.5 Å². The van der Waals surface area contributed by atoms with Crippen molar-refractivity contribution in [2.24, 2.45) is 23.2 Å². The zero-order valence-corrected chi connectivity index (χ0v) is 16.6. The van der Waals surface area contributed by atoms with Crippen LogP contribution in [0.5, 0.6) is 0 Å². The number of benzene rings is 1. The molecule has 0 atom stereocenters. The van der Waals surface area contributed by atoms with Gasteiger partial charge in [-0.1, -0.05) is 32.6 Å². The van der Waals surface area contributed by atoms with Crippen LogP contribution in [0.4, 0.5) is 13.2 Å². The second kappa shape index (κ2) is 7.79. The van der Waals surface area contributed by atoms with E-state index in [0.29, 0.717) is 11.0 Å². The Kier molecular flexibility index (Phi) is 5.58. The van der Waals surface area contributed by atoms with E-state index in [2.05, 4.69) is 6.92 Å². The molecule has 150 valence electrons. The molecule has 3 aliphatic rings. The number of unbranched alkanes of at least 4 members (excludes halogenated alkanes) is 2. The first-order valence-electron chi connectivity index (χ1n) is 11.1. The Balaban J connectivity index is 1.21. The van der Waals surface area contributed by atoms with Gasteiger partial charge in [-0.05, 0) is 98.1 Å². The summed E-state index contributed by atoms with van der Waals surface area (Å²) in [6.45, 7) is 2.27. The molecule has 0 bridgehead atoms. The predicted molar refractivity (Wildman–Crippen MR) is 103 cm³/mol. The fraction of sp³-hybridized carbons (Fsp3) is 0.750. The van der Waals surface area contributed by atoms with Gasteiger partial charge in [0, 0.05) is 0 Å². The third-order valence-electron chi connectivity index (χ3n) is 7.97. The summed E-state index contributed by atoms with van der Waals surface area (Å²) in [6, 6.07) is 2.41. The molecule has 0 aromatic heterocycles. The Morgan fingerprint density at radius 3 is 2.07 bits per heavy atom. The highest BCUT2D eigenvalue weighted by Crippen LogP contribution is 2.64. The molecular weight excluding hydrogens is 345 g/mol. The lowest BCUT2D eigenvalue weighted by Gasteiger charge is -2.60. The van der Waals surface area contributed by atoms with Gasteiger partial charge in [-0.15, -0.1) is 0 Å². The van der Waals surface area contributed by atoms with Gasteiger partial charge in [0.05, 0.1) is 0 Å². The standard InChI is InChI=1S/C24H33F3/c1-2-3-4-5-16-12-24(13-16)14-20(15-24)18-8-6-17(7-9-18)19-10-21(25)23(27)22(26)11-19/h10-11,16-18,20H,2-9,12-15H2,1H3. The summed E-state index contributed by atoms with van der Waals surface area (Å²) in [7, 11) is 0. The smallest absolute Gasteiger partial charge is 0.194 e. The molecular formula is C24H33F3. The molecule has 0 saturated heterocycles. The summed E-state index contributed by atoms with van der Waals surface area (Å²) in [6.07, 6.45) is 15.6. The van der Waals surface area contributed by atoms with Crippen molar-refractivity contribution >= 4 is 0 Å². The van der Waals surface area contributed by atoms with Crippen molar-refractivity contribution in [3.63, 3.8) is 0 Å². The summed E-state index contributed by atoms with van der Waals surface area (Å²) >= 11 is 0. The van der Waals surface area contributed by atoms with Crippen molar-refractivity contribution < 1.29 is 13.2 Å². The normalized spacial score (nSPS) is 35.7. The van der Waals surface area contributed by atoms with E-state index in [1.54, 1.807) is 0 Å². The number of halogens is 3. The van der Waals surface area contributed by atoms with Gasteiger partial charge in [-0.2, -0.15) is 0 Å². The first-order chi connectivity index (χ1) is 13.0. The molecule has 0 amide bonds. The summed E-state index contributed by atoms with van der Waals surface area (Å²) in [5.41, 5.74) is 1.34. The molecule has 1 aromatic rings. The van der Waals surface area contributed by atoms with Crippen molar-refractivity contribution in [2.75, 3.05) is 0 Å². The van der Waals surface area contributed by atoms with Crippen molar-refractivity contribution in [1.82, 2.24) is 0 Å². The van der Waals surface area contributed by atoms with Crippen LogP contribution in [0.1, 0.15) is 95.5 Å². The van der Waals surface area contributed by atoms with Crippen molar-refractivity contribution in [1.29, 1.82) is 0 Å². The molecule has 0 unspecified atom stereocenters. The molecule has 1 spiro atoms. The molecule has 0 nitrogen and oxygen atoms in total. The van der Waals surface area contributed by atoms with E-state index in [-0.39, 0.29) is 5.92 Å². The van der Waals surface area contributed by atoms with Gasteiger partial charge in [0.25, 0.3) is 0 Å². The number of rotatable bonds is 6. The average Bonchev–Trinajstić information content (AvgIpc) is 2.60. The Morgan fingerprint density at radius 2 is 1.48 bits per heavy atom. The minimum atomic E-state index is -1.35. The fourth-order valence-electron chi connectivity index (χ4n) is 6.51.